The molecule has 0 aliphatic rings. The van der Waals surface area contributed by atoms with E-state index in [0.29, 0.717) is 20.8 Å². The van der Waals surface area contributed by atoms with Crippen molar-refractivity contribution in [2.24, 2.45) is 0 Å². The highest BCUT2D eigenvalue weighted by Gasteiger charge is 2.19. The van der Waals surface area contributed by atoms with Crippen molar-refractivity contribution in [2.45, 2.75) is 6.10 Å². The van der Waals surface area contributed by atoms with Crippen molar-refractivity contribution in [1.82, 2.24) is 0 Å². The molecule has 0 radical (unpaired) electrons. The van der Waals surface area contributed by atoms with E-state index in [1.807, 2.05) is 18.2 Å². The number of aliphatic hydroxyl groups excluding tert-OH is 1. The molecule has 0 aliphatic heterocycles. The van der Waals surface area contributed by atoms with Gasteiger partial charge in [0.1, 0.15) is 11.9 Å². The molecule has 0 spiro atoms. The molecule has 20 heavy (non-hydrogen) atoms. The first-order valence-electron chi connectivity index (χ1n) is 5.59. The maximum atomic E-state index is 10.6. The van der Waals surface area contributed by atoms with Crippen molar-refractivity contribution in [1.29, 1.82) is 0 Å². The highest BCUT2D eigenvalue weighted by Crippen LogP contribution is 2.39. The first-order valence-corrected chi connectivity index (χ1v) is 8.35. The lowest BCUT2D eigenvalue weighted by Gasteiger charge is -2.17. The van der Waals surface area contributed by atoms with Crippen molar-refractivity contribution < 1.29 is 9.84 Å². The molecule has 0 heterocycles. The third kappa shape index (κ3) is 3.57. The van der Waals surface area contributed by atoms with Crippen LogP contribution < -0.4 is 4.74 Å². The average Bonchev–Trinajstić information content (AvgIpc) is 2.35. The molecule has 2 aromatic carbocycles. The van der Waals surface area contributed by atoms with Gasteiger partial charge < -0.3 is 9.84 Å². The minimum atomic E-state index is -0.839. The molecule has 0 amide bonds. The third-order valence-electron chi connectivity index (χ3n) is 2.74. The molecule has 0 saturated heterocycles. The molecule has 1 unspecified atom stereocenters. The minimum absolute atomic E-state index is 0.529. The molecule has 1 N–H and O–H groups in total. The Kier molecular flexibility index (Phi) is 5.54. The van der Waals surface area contributed by atoms with Gasteiger partial charge in [-0.05, 0) is 51.8 Å². The predicted octanol–water partition coefficient (Wildman–Crippen LogP) is 5.72. The smallest absolute Gasteiger partial charge is 0.139 e. The van der Waals surface area contributed by atoms with E-state index in [9.17, 15) is 5.11 Å². The summed E-state index contributed by atoms with van der Waals surface area (Å²) < 4.78 is 7.80. The molecule has 106 valence electrons. The Bertz CT molecular complexity index is 626. The summed E-state index contributed by atoms with van der Waals surface area (Å²) in [5, 5.41) is 11.1. The van der Waals surface area contributed by atoms with Gasteiger partial charge >= 0.3 is 0 Å². The summed E-state index contributed by atoms with van der Waals surface area (Å²) in [6.45, 7) is 0. The van der Waals surface area contributed by atoms with Gasteiger partial charge in [0, 0.05) is 19.5 Å². The fourth-order valence-electron chi connectivity index (χ4n) is 1.91. The Morgan fingerprint density at radius 1 is 1.05 bits per heavy atom. The number of aliphatic hydroxyl groups is 1. The van der Waals surface area contributed by atoms with E-state index in [2.05, 4.69) is 47.8 Å². The zero-order chi connectivity index (χ0) is 14.9. The van der Waals surface area contributed by atoms with Gasteiger partial charge in [-0.25, -0.2) is 0 Å². The van der Waals surface area contributed by atoms with E-state index in [-0.39, 0.29) is 0 Å². The van der Waals surface area contributed by atoms with Gasteiger partial charge in [0.2, 0.25) is 0 Å². The van der Waals surface area contributed by atoms with Gasteiger partial charge in [-0.3, -0.25) is 0 Å². The van der Waals surface area contributed by atoms with Crippen LogP contribution in [0.1, 0.15) is 17.2 Å². The number of methoxy groups -OCH3 is 1. The van der Waals surface area contributed by atoms with E-state index in [0.717, 1.165) is 14.5 Å². The Morgan fingerprint density at radius 2 is 1.65 bits per heavy atom. The Morgan fingerprint density at radius 3 is 2.20 bits per heavy atom. The van der Waals surface area contributed by atoms with Crippen molar-refractivity contribution in [3.05, 3.63) is 59.9 Å². The van der Waals surface area contributed by atoms with Crippen LogP contribution in [-0.4, -0.2) is 12.2 Å². The van der Waals surface area contributed by atoms with Crippen molar-refractivity contribution in [3.63, 3.8) is 0 Å². The van der Waals surface area contributed by atoms with Crippen molar-refractivity contribution in [2.75, 3.05) is 7.11 Å². The number of hydrogen-bond donors (Lipinski definition) is 1. The van der Waals surface area contributed by atoms with Crippen molar-refractivity contribution >= 4 is 59.4 Å². The molecule has 0 bridgehead atoms. The Balaban J connectivity index is 2.55. The highest BCUT2D eigenvalue weighted by molar-refractivity contribution is 9.11. The standard InChI is InChI=1S/C14H10Br3ClO2/c1-20-14-11(5-10(18)6-12(14)17)13(19)7-2-8(15)4-9(16)3-7/h2-6,13,19H,1H3. The number of halogens is 4. The Labute approximate surface area is 147 Å². The minimum Gasteiger partial charge on any atom is -0.495 e. The fraction of sp³-hybridized carbons (Fsp3) is 0.143. The molecular formula is C14H10Br3ClO2. The number of ether oxygens (including phenoxy) is 1. The van der Waals surface area contributed by atoms with Crippen LogP contribution in [0.25, 0.3) is 0 Å². The maximum absolute atomic E-state index is 10.6. The summed E-state index contributed by atoms with van der Waals surface area (Å²) in [6, 6.07) is 9.03. The number of hydrogen-bond acceptors (Lipinski definition) is 2. The van der Waals surface area contributed by atoms with E-state index in [4.69, 9.17) is 16.3 Å². The van der Waals surface area contributed by atoms with E-state index < -0.39 is 6.10 Å². The van der Waals surface area contributed by atoms with Crippen LogP contribution in [0.15, 0.2) is 43.7 Å². The molecule has 2 nitrogen and oxygen atoms in total. The van der Waals surface area contributed by atoms with Gasteiger partial charge in [0.25, 0.3) is 0 Å². The zero-order valence-corrected chi connectivity index (χ0v) is 15.8. The molecule has 1 atom stereocenters. The van der Waals surface area contributed by atoms with Crippen LogP contribution in [0.5, 0.6) is 5.75 Å². The SMILES string of the molecule is COc1c(Br)cc(Cl)cc1C(O)c1cc(Br)cc(Br)c1. The quantitative estimate of drug-likeness (QED) is 0.603. The molecule has 0 aliphatic carbocycles. The molecule has 0 saturated carbocycles. The van der Waals surface area contributed by atoms with E-state index in [1.54, 1.807) is 19.2 Å². The monoisotopic (exact) mass is 482 g/mol. The first kappa shape index (κ1) is 16.3. The van der Waals surface area contributed by atoms with Gasteiger partial charge in [-0.15, -0.1) is 0 Å². The van der Waals surface area contributed by atoms with Crippen LogP contribution in [0.4, 0.5) is 0 Å². The third-order valence-corrected chi connectivity index (χ3v) is 4.46. The summed E-state index contributed by atoms with van der Waals surface area (Å²) in [7, 11) is 1.56. The normalized spacial score (nSPS) is 12.3. The van der Waals surface area contributed by atoms with Gasteiger partial charge in [0.05, 0.1) is 11.6 Å². The fourth-order valence-corrected chi connectivity index (χ4v) is 4.24. The highest BCUT2D eigenvalue weighted by atomic mass is 79.9. The van der Waals surface area contributed by atoms with Gasteiger partial charge in [0.15, 0.2) is 0 Å². The summed E-state index contributed by atoms with van der Waals surface area (Å²) in [6.07, 6.45) is -0.839. The predicted molar refractivity (Wildman–Crippen MR) is 91.6 cm³/mol. The lowest BCUT2D eigenvalue weighted by Crippen LogP contribution is -2.03. The summed E-state index contributed by atoms with van der Waals surface area (Å²) in [5.41, 5.74) is 1.34. The largest absolute Gasteiger partial charge is 0.495 e. The van der Waals surface area contributed by atoms with E-state index in [1.165, 1.54) is 0 Å². The first-order chi connectivity index (χ1) is 9.42. The molecule has 0 fully saturated rings. The van der Waals surface area contributed by atoms with E-state index >= 15 is 0 Å². The zero-order valence-electron chi connectivity index (χ0n) is 10.3. The molecule has 0 aromatic heterocycles. The molecular weight excluding hydrogens is 475 g/mol. The molecule has 6 heteroatoms. The van der Waals surface area contributed by atoms with Crippen LogP contribution >= 0.6 is 59.4 Å². The van der Waals surface area contributed by atoms with Crippen molar-refractivity contribution in [3.8, 4) is 5.75 Å². The summed E-state index contributed by atoms with van der Waals surface area (Å²) >= 11 is 16.3. The van der Waals surface area contributed by atoms with Crippen LogP contribution in [-0.2, 0) is 0 Å². The maximum Gasteiger partial charge on any atom is 0.139 e. The number of rotatable bonds is 3. The van der Waals surface area contributed by atoms with Gasteiger partial charge in [-0.1, -0.05) is 43.5 Å². The Hall–Kier alpha value is -0.0700. The topological polar surface area (TPSA) is 29.5 Å². The molecule has 2 aromatic rings. The van der Waals surface area contributed by atoms with Crippen LogP contribution in [0.2, 0.25) is 5.02 Å². The lowest BCUT2D eigenvalue weighted by atomic mass is 10.0. The molecule has 2 rings (SSSR count). The second-order valence-electron chi connectivity index (χ2n) is 4.12. The summed E-state index contributed by atoms with van der Waals surface area (Å²) in [5.74, 6) is 0.568. The second kappa shape index (κ2) is 6.79. The van der Waals surface area contributed by atoms with Gasteiger partial charge in [-0.2, -0.15) is 0 Å². The number of benzene rings is 2. The second-order valence-corrected chi connectivity index (χ2v) is 7.24. The lowest BCUT2D eigenvalue weighted by molar-refractivity contribution is 0.214. The van der Waals surface area contributed by atoms with Crippen LogP contribution in [0, 0.1) is 0 Å². The van der Waals surface area contributed by atoms with Crippen LogP contribution in [0.3, 0.4) is 0 Å². The summed E-state index contributed by atoms with van der Waals surface area (Å²) in [4.78, 5) is 0. The average molecular weight is 485 g/mol.